The molecule has 1 aromatic carbocycles. The summed E-state index contributed by atoms with van der Waals surface area (Å²) in [6.45, 7) is 4.09. The normalized spacial score (nSPS) is 14.0. The Morgan fingerprint density at radius 2 is 1.86 bits per heavy atom. The minimum Gasteiger partial charge on any atom is -0.384 e. The van der Waals surface area contributed by atoms with Gasteiger partial charge in [-0.2, -0.15) is 23.1 Å². The number of aromatic nitrogens is 4. The second-order valence-electron chi connectivity index (χ2n) is 7.81. The summed E-state index contributed by atoms with van der Waals surface area (Å²) >= 11 is 0. The maximum Gasteiger partial charge on any atom is 0.491 e. The van der Waals surface area contributed by atoms with Gasteiger partial charge in [-0.25, -0.2) is 9.59 Å². The van der Waals surface area contributed by atoms with Crippen LogP contribution in [0.25, 0.3) is 11.2 Å². The van der Waals surface area contributed by atoms with Crippen LogP contribution in [0.15, 0.2) is 35.1 Å². The molecule has 3 heterocycles. The van der Waals surface area contributed by atoms with E-state index in [4.69, 9.17) is 0 Å². The largest absolute Gasteiger partial charge is 0.491 e. The van der Waals surface area contributed by atoms with Gasteiger partial charge in [-0.3, -0.25) is 9.13 Å². The highest BCUT2D eigenvalue weighted by molar-refractivity contribution is 5.86. The van der Waals surface area contributed by atoms with E-state index in [1.165, 1.54) is 9.13 Å². The molecular weight excluding hydrogens is 465 g/mol. The van der Waals surface area contributed by atoms with E-state index in [9.17, 15) is 22.8 Å². The van der Waals surface area contributed by atoms with Gasteiger partial charge in [0.25, 0.3) is 0 Å². The number of ether oxygens (including phenoxy) is 1. The molecule has 3 aromatic rings. The molecule has 4 rings (SSSR count). The smallest absolute Gasteiger partial charge is 0.384 e. The summed E-state index contributed by atoms with van der Waals surface area (Å²) in [5.74, 6) is 3.40. The van der Waals surface area contributed by atoms with Crippen LogP contribution in [-0.2, 0) is 24.3 Å². The molecule has 1 aliphatic heterocycles. The molecule has 1 N–H and O–H groups in total. The van der Waals surface area contributed by atoms with Crippen molar-refractivity contribution < 1.29 is 22.7 Å². The van der Waals surface area contributed by atoms with Gasteiger partial charge in [-0.1, -0.05) is 36.3 Å². The summed E-state index contributed by atoms with van der Waals surface area (Å²) < 4.78 is 45.9. The lowest BCUT2D eigenvalue weighted by molar-refractivity contribution is -0.190. The summed E-state index contributed by atoms with van der Waals surface area (Å²) in [6, 6.07) is 8.67. The molecule has 184 valence electrons. The number of imidazole rings is 1. The van der Waals surface area contributed by atoms with Crippen LogP contribution < -0.4 is 20.6 Å². The minimum atomic E-state index is -5.22. The molecule has 1 fully saturated rings. The molecule has 0 bridgehead atoms. The summed E-state index contributed by atoms with van der Waals surface area (Å²) in [5.41, 5.74) is 0.953. The van der Waals surface area contributed by atoms with Crippen molar-refractivity contribution in [3.63, 3.8) is 0 Å². The second kappa shape index (κ2) is 10.2. The van der Waals surface area contributed by atoms with E-state index in [-0.39, 0.29) is 24.6 Å². The van der Waals surface area contributed by atoms with Gasteiger partial charge in [0.15, 0.2) is 11.5 Å². The van der Waals surface area contributed by atoms with Crippen molar-refractivity contribution in [3.8, 4) is 17.9 Å². The number of rotatable bonds is 6. The number of halogens is 3. The topological polar surface area (TPSA) is 94.3 Å². The number of piperazine rings is 1. The number of alkyl halides is 3. The predicted molar refractivity (Wildman–Crippen MR) is 122 cm³/mol. The molecule has 0 saturated carbocycles. The molecule has 0 amide bonds. The Labute approximate surface area is 198 Å². The molecule has 0 atom stereocenters. The van der Waals surface area contributed by atoms with Crippen LogP contribution in [0.3, 0.4) is 0 Å². The Hall–Kier alpha value is -3.85. The lowest BCUT2D eigenvalue weighted by Gasteiger charge is -2.29. The third kappa shape index (κ3) is 5.30. The molecule has 12 heteroatoms. The van der Waals surface area contributed by atoms with Crippen LogP contribution >= 0.6 is 0 Å². The van der Waals surface area contributed by atoms with E-state index in [0.717, 1.165) is 5.56 Å². The fraction of sp³-hybridized carbons (Fsp3) is 0.391. The highest BCUT2D eigenvalue weighted by atomic mass is 19.4. The summed E-state index contributed by atoms with van der Waals surface area (Å²) in [5, 5.41) is 3.19. The summed E-state index contributed by atoms with van der Waals surface area (Å²) in [6.07, 6.45) is -4.74. The molecule has 1 aliphatic rings. The van der Waals surface area contributed by atoms with Gasteiger partial charge in [-0.05, 0) is 18.9 Å². The second-order valence-corrected chi connectivity index (χ2v) is 7.81. The van der Waals surface area contributed by atoms with Crippen molar-refractivity contribution in [2.24, 2.45) is 0 Å². The number of carbonyl (C=O) groups is 1. The number of fused-ring (bicyclic) bond motifs is 1. The Morgan fingerprint density at radius 1 is 1.14 bits per heavy atom. The van der Waals surface area contributed by atoms with E-state index >= 15 is 0 Å². The number of benzene rings is 1. The van der Waals surface area contributed by atoms with Crippen molar-refractivity contribution in [2.75, 3.05) is 31.1 Å². The van der Waals surface area contributed by atoms with Crippen molar-refractivity contribution >= 4 is 23.0 Å². The highest BCUT2D eigenvalue weighted by Crippen LogP contribution is 2.28. The van der Waals surface area contributed by atoms with Crippen LogP contribution in [0.5, 0.6) is 6.01 Å². The van der Waals surface area contributed by atoms with Gasteiger partial charge in [0.05, 0.1) is 6.54 Å². The quantitative estimate of drug-likeness (QED) is 0.417. The third-order valence-corrected chi connectivity index (χ3v) is 5.53. The standard InChI is InChI=1S/C23H23F3N6O3/c1-2-3-12-31-17-18(30-14-10-27-11-15-30)28-21(35-20(33)23(24,25)26)29-19(17)32(22(31)34)13-9-16-7-5-4-6-8-16/h4-8,27H,9-15H2,1H3. The molecule has 0 spiro atoms. The zero-order chi connectivity index (χ0) is 25.0. The van der Waals surface area contributed by atoms with Gasteiger partial charge in [-0.15, -0.1) is 5.92 Å². The molecule has 0 aliphatic carbocycles. The summed E-state index contributed by atoms with van der Waals surface area (Å²) in [4.78, 5) is 35.0. The average Bonchev–Trinajstić information content (AvgIpc) is 3.11. The van der Waals surface area contributed by atoms with E-state index in [1.807, 2.05) is 35.2 Å². The molecule has 2 aromatic heterocycles. The Balaban J connectivity index is 1.88. The van der Waals surface area contributed by atoms with E-state index in [2.05, 4.69) is 31.9 Å². The lowest BCUT2D eigenvalue weighted by Crippen LogP contribution is -2.44. The SMILES string of the molecule is CC#CCn1c(=O)n(CCc2ccccc2)c2nc(OC(=O)C(F)(F)F)nc(N3CCNCC3)c21. The first kappa shape index (κ1) is 24.3. The number of aryl methyl sites for hydroxylation is 2. The van der Waals surface area contributed by atoms with Gasteiger partial charge in [0.2, 0.25) is 0 Å². The zero-order valence-corrected chi connectivity index (χ0v) is 18.9. The number of hydrogen-bond acceptors (Lipinski definition) is 7. The number of anilines is 1. The first-order chi connectivity index (χ1) is 16.8. The maximum absolute atomic E-state index is 13.4. The first-order valence-corrected chi connectivity index (χ1v) is 11.0. The Kier molecular flexibility index (Phi) is 7.07. The van der Waals surface area contributed by atoms with Crippen LogP contribution in [0.2, 0.25) is 0 Å². The number of carbonyl (C=O) groups excluding carboxylic acids is 1. The summed E-state index contributed by atoms with van der Waals surface area (Å²) in [7, 11) is 0. The van der Waals surface area contributed by atoms with Gasteiger partial charge in [0.1, 0.15) is 5.52 Å². The van der Waals surface area contributed by atoms with Crippen molar-refractivity contribution in [1.82, 2.24) is 24.4 Å². The van der Waals surface area contributed by atoms with E-state index in [0.29, 0.717) is 38.1 Å². The fourth-order valence-electron chi connectivity index (χ4n) is 3.85. The highest BCUT2D eigenvalue weighted by Gasteiger charge is 2.42. The Bertz CT molecular complexity index is 1330. The predicted octanol–water partition coefficient (Wildman–Crippen LogP) is 1.74. The maximum atomic E-state index is 13.4. The van der Waals surface area contributed by atoms with Crippen LogP contribution in [0.4, 0.5) is 19.0 Å². The molecule has 0 unspecified atom stereocenters. The monoisotopic (exact) mass is 488 g/mol. The lowest BCUT2D eigenvalue weighted by atomic mass is 10.1. The Morgan fingerprint density at radius 3 is 2.51 bits per heavy atom. The minimum absolute atomic E-state index is 0.0499. The van der Waals surface area contributed by atoms with Crippen LogP contribution in [0.1, 0.15) is 12.5 Å². The number of nitrogens with zero attached hydrogens (tertiary/aromatic N) is 5. The number of hydrogen-bond donors (Lipinski definition) is 1. The van der Waals surface area contributed by atoms with Gasteiger partial charge in [0, 0.05) is 32.7 Å². The van der Waals surface area contributed by atoms with Crippen molar-refractivity contribution in [3.05, 3.63) is 46.4 Å². The molecule has 1 saturated heterocycles. The van der Waals surface area contributed by atoms with Crippen LogP contribution in [-0.4, -0.2) is 57.4 Å². The zero-order valence-electron chi connectivity index (χ0n) is 18.9. The molecule has 35 heavy (non-hydrogen) atoms. The van der Waals surface area contributed by atoms with E-state index in [1.54, 1.807) is 6.92 Å². The van der Waals surface area contributed by atoms with Crippen molar-refractivity contribution in [1.29, 1.82) is 0 Å². The third-order valence-electron chi connectivity index (χ3n) is 5.53. The fourth-order valence-corrected chi connectivity index (χ4v) is 3.85. The van der Waals surface area contributed by atoms with Crippen molar-refractivity contribution in [2.45, 2.75) is 32.6 Å². The number of nitrogens with one attached hydrogen (secondary N) is 1. The molecule has 9 nitrogen and oxygen atoms in total. The van der Waals surface area contributed by atoms with Crippen LogP contribution in [0, 0.1) is 11.8 Å². The molecule has 0 radical (unpaired) electrons. The number of esters is 1. The van der Waals surface area contributed by atoms with Gasteiger partial charge >= 0.3 is 23.8 Å². The van der Waals surface area contributed by atoms with Gasteiger partial charge < -0.3 is 15.0 Å². The molecular formula is C23H23F3N6O3. The first-order valence-electron chi connectivity index (χ1n) is 11.0. The van der Waals surface area contributed by atoms with E-state index < -0.39 is 23.8 Å². The average molecular weight is 488 g/mol.